The summed E-state index contributed by atoms with van der Waals surface area (Å²) in [7, 11) is 0. The van der Waals surface area contributed by atoms with Gasteiger partial charge >= 0.3 is 5.97 Å². The maximum absolute atomic E-state index is 11.8. The molecule has 1 heterocycles. The number of nitrogen functional groups attached to an aromatic ring is 1. The van der Waals surface area contributed by atoms with Crippen molar-refractivity contribution in [3.05, 3.63) is 53.7 Å². The number of rotatable bonds is 5. The Balaban J connectivity index is 2.09. The van der Waals surface area contributed by atoms with Gasteiger partial charge in [0.1, 0.15) is 12.2 Å². The van der Waals surface area contributed by atoms with Crippen LogP contribution in [0.1, 0.15) is 22.8 Å². The lowest BCUT2D eigenvalue weighted by Gasteiger charge is -2.09. The second-order valence-corrected chi connectivity index (χ2v) is 4.11. The summed E-state index contributed by atoms with van der Waals surface area (Å²) < 4.78 is 10.5. The standard InChI is InChI=1S/C15H16N2O3/c1-2-19-15(18)13-4-3-9-17-14(13)20-10-11-5-7-12(16)8-6-11/h3-9H,2,10,16H2,1H3. The first-order valence-corrected chi connectivity index (χ1v) is 6.30. The first-order chi connectivity index (χ1) is 9.70. The average Bonchev–Trinajstić information content (AvgIpc) is 2.47. The van der Waals surface area contributed by atoms with Gasteiger partial charge in [-0.3, -0.25) is 0 Å². The van der Waals surface area contributed by atoms with Crippen LogP contribution in [0.15, 0.2) is 42.6 Å². The Bertz CT molecular complexity index is 582. The molecule has 2 N–H and O–H groups in total. The predicted molar refractivity (Wildman–Crippen MR) is 75.4 cm³/mol. The Labute approximate surface area is 117 Å². The van der Waals surface area contributed by atoms with Gasteiger partial charge in [0.05, 0.1) is 6.61 Å². The molecule has 5 heteroatoms. The summed E-state index contributed by atoms with van der Waals surface area (Å²) in [6.07, 6.45) is 1.57. The molecule has 5 nitrogen and oxygen atoms in total. The minimum absolute atomic E-state index is 0.266. The minimum atomic E-state index is -0.437. The molecule has 104 valence electrons. The Kier molecular flexibility index (Phi) is 4.55. The average molecular weight is 272 g/mol. The van der Waals surface area contributed by atoms with Gasteiger partial charge < -0.3 is 15.2 Å². The molecule has 1 aromatic carbocycles. The number of hydrogen-bond acceptors (Lipinski definition) is 5. The van der Waals surface area contributed by atoms with E-state index in [1.807, 2.05) is 12.1 Å². The second-order valence-electron chi connectivity index (χ2n) is 4.11. The van der Waals surface area contributed by atoms with Crippen LogP contribution in [-0.2, 0) is 11.3 Å². The van der Waals surface area contributed by atoms with E-state index in [0.29, 0.717) is 24.5 Å². The van der Waals surface area contributed by atoms with Crippen molar-refractivity contribution in [2.24, 2.45) is 0 Å². The Morgan fingerprint density at radius 3 is 2.70 bits per heavy atom. The lowest BCUT2D eigenvalue weighted by molar-refractivity contribution is 0.0520. The molecule has 0 amide bonds. The van der Waals surface area contributed by atoms with Gasteiger partial charge in [0.25, 0.3) is 0 Å². The number of benzene rings is 1. The van der Waals surface area contributed by atoms with Crippen LogP contribution in [0.25, 0.3) is 0 Å². The molecule has 0 aliphatic carbocycles. The quantitative estimate of drug-likeness (QED) is 0.668. The largest absolute Gasteiger partial charge is 0.472 e. The van der Waals surface area contributed by atoms with E-state index in [1.54, 1.807) is 37.4 Å². The zero-order chi connectivity index (χ0) is 14.4. The summed E-state index contributed by atoms with van der Waals surface area (Å²) in [6, 6.07) is 10.6. The van der Waals surface area contributed by atoms with Crippen LogP contribution in [0.3, 0.4) is 0 Å². The van der Waals surface area contributed by atoms with Gasteiger partial charge in [-0.05, 0) is 36.8 Å². The van der Waals surface area contributed by atoms with E-state index in [2.05, 4.69) is 4.98 Å². The topological polar surface area (TPSA) is 74.4 Å². The molecule has 0 radical (unpaired) electrons. The molecule has 0 bridgehead atoms. The van der Waals surface area contributed by atoms with Gasteiger partial charge in [-0.25, -0.2) is 9.78 Å². The Hall–Kier alpha value is -2.56. The van der Waals surface area contributed by atoms with E-state index >= 15 is 0 Å². The highest BCUT2D eigenvalue weighted by atomic mass is 16.5. The van der Waals surface area contributed by atoms with E-state index in [4.69, 9.17) is 15.2 Å². The molecule has 2 aromatic rings. The van der Waals surface area contributed by atoms with Crippen molar-refractivity contribution in [1.29, 1.82) is 0 Å². The lowest BCUT2D eigenvalue weighted by atomic mass is 10.2. The number of esters is 1. The fourth-order valence-electron chi connectivity index (χ4n) is 1.64. The molecule has 0 fully saturated rings. The summed E-state index contributed by atoms with van der Waals surface area (Å²) >= 11 is 0. The minimum Gasteiger partial charge on any atom is -0.472 e. The molecular formula is C15H16N2O3. The third kappa shape index (κ3) is 3.47. The molecule has 2 rings (SSSR count). The second kappa shape index (κ2) is 6.56. The lowest BCUT2D eigenvalue weighted by Crippen LogP contribution is -2.09. The van der Waals surface area contributed by atoms with Crippen molar-refractivity contribution in [3.63, 3.8) is 0 Å². The number of aromatic nitrogens is 1. The number of nitrogens with two attached hydrogens (primary N) is 1. The van der Waals surface area contributed by atoms with Crippen molar-refractivity contribution >= 4 is 11.7 Å². The molecule has 1 aromatic heterocycles. The molecule has 0 atom stereocenters. The maximum Gasteiger partial charge on any atom is 0.343 e. The van der Waals surface area contributed by atoms with Crippen LogP contribution >= 0.6 is 0 Å². The van der Waals surface area contributed by atoms with Crippen LogP contribution in [0.2, 0.25) is 0 Å². The van der Waals surface area contributed by atoms with Crippen LogP contribution < -0.4 is 10.5 Å². The van der Waals surface area contributed by atoms with Gasteiger partial charge in [0.15, 0.2) is 0 Å². The first kappa shape index (κ1) is 13.9. The van der Waals surface area contributed by atoms with Crippen molar-refractivity contribution in [2.45, 2.75) is 13.5 Å². The zero-order valence-electron chi connectivity index (χ0n) is 11.2. The third-order valence-corrected chi connectivity index (χ3v) is 2.62. The van der Waals surface area contributed by atoms with Gasteiger partial charge in [0, 0.05) is 11.9 Å². The van der Waals surface area contributed by atoms with Crippen molar-refractivity contribution in [1.82, 2.24) is 4.98 Å². The van der Waals surface area contributed by atoms with E-state index < -0.39 is 5.97 Å². The molecule has 0 saturated heterocycles. The van der Waals surface area contributed by atoms with Gasteiger partial charge in [0.2, 0.25) is 5.88 Å². The van der Waals surface area contributed by atoms with Crippen LogP contribution in [0.5, 0.6) is 5.88 Å². The molecule has 0 aliphatic heterocycles. The number of pyridine rings is 1. The number of carbonyl (C=O) groups excluding carboxylic acids is 1. The summed E-state index contributed by atoms with van der Waals surface area (Å²) in [4.78, 5) is 15.8. The number of nitrogens with zero attached hydrogens (tertiary/aromatic N) is 1. The summed E-state index contributed by atoms with van der Waals surface area (Å²) in [5, 5.41) is 0. The Morgan fingerprint density at radius 2 is 2.00 bits per heavy atom. The smallest absolute Gasteiger partial charge is 0.343 e. The van der Waals surface area contributed by atoms with E-state index in [-0.39, 0.29) is 5.88 Å². The van der Waals surface area contributed by atoms with E-state index in [1.165, 1.54) is 0 Å². The fourth-order valence-corrected chi connectivity index (χ4v) is 1.64. The zero-order valence-corrected chi connectivity index (χ0v) is 11.2. The summed E-state index contributed by atoms with van der Waals surface area (Å²) in [5.41, 5.74) is 7.58. The summed E-state index contributed by atoms with van der Waals surface area (Å²) in [6.45, 7) is 2.37. The highest BCUT2D eigenvalue weighted by Gasteiger charge is 2.14. The van der Waals surface area contributed by atoms with E-state index in [9.17, 15) is 4.79 Å². The molecule has 0 aliphatic rings. The highest BCUT2D eigenvalue weighted by Crippen LogP contribution is 2.17. The maximum atomic E-state index is 11.8. The molecule has 0 unspecified atom stereocenters. The summed E-state index contributed by atoms with van der Waals surface area (Å²) in [5.74, 6) is -0.171. The number of anilines is 1. The van der Waals surface area contributed by atoms with Gasteiger partial charge in [-0.15, -0.1) is 0 Å². The van der Waals surface area contributed by atoms with Gasteiger partial charge in [-0.2, -0.15) is 0 Å². The van der Waals surface area contributed by atoms with Crippen LogP contribution in [0, 0.1) is 0 Å². The number of ether oxygens (including phenoxy) is 2. The number of hydrogen-bond donors (Lipinski definition) is 1. The van der Waals surface area contributed by atoms with Crippen LogP contribution in [0.4, 0.5) is 5.69 Å². The highest BCUT2D eigenvalue weighted by molar-refractivity contribution is 5.91. The van der Waals surface area contributed by atoms with Crippen molar-refractivity contribution in [2.75, 3.05) is 12.3 Å². The first-order valence-electron chi connectivity index (χ1n) is 6.30. The fraction of sp³-hybridized carbons (Fsp3) is 0.200. The normalized spacial score (nSPS) is 10.1. The Morgan fingerprint density at radius 1 is 1.25 bits per heavy atom. The van der Waals surface area contributed by atoms with E-state index in [0.717, 1.165) is 5.56 Å². The predicted octanol–water partition coefficient (Wildman–Crippen LogP) is 2.42. The van der Waals surface area contributed by atoms with Crippen LogP contribution in [-0.4, -0.2) is 17.6 Å². The molecule has 0 spiro atoms. The van der Waals surface area contributed by atoms with Gasteiger partial charge in [-0.1, -0.05) is 12.1 Å². The molecular weight excluding hydrogens is 256 g/mol. The third-order valence-electron chi connectivity index (χ3n) is 2.62. The molecule has 0 saturated carbocycles. The number of carbonyl (C=O) groups is 1. The monoisotopic (exact) mass is 272 g/mol. The SMILES string of the molecule is CCOC(=O)c1cccnc1OCc1ccc(N)cc1. The van der Waals surface area contributed by atoms with Crippen molar-refractivity contribution in [3.8, 4) is 5.88 Å². The molecule has 20 heavy (non-hydrogen) atoms. The van der Waals surface area contributed by atoms with Crippen molar-refractivity contribution < 1.29 is 14.3 Å².